The Balaban J connectivity index is 1.97. The molecule has 1 aromatic heterocycles. The van der Waals surface area contributed by atoms with Crippen molar-refractivity contribution in [3.63, 3.8) is 0 Å². The molecule has 25 heavy (non-hydrogen) atoms. The van der Waals surface area contributed by atoms with Crippen molar-refractivity contribution in [3.8, 4) is 11.6 Å². The molecular formula is C17H16FNO5S. The molecular weight excluding hydrogens is 349 g/mol. The number of aromatic nitrogens is 1. The van der Waals surface area contributed by atoms with Gasteiger partial charge in [-0.3, -0.25) is 4.79 Å². The fourth-order valence-corrected chi connectivity index (χ4v) is 4.12. The van der Waals surface area contributed by atoms with Crippen LogP contribution in [-0.4, -0.2) is 32.9 Å². The number of pyridine rings is 1. The van der Waals surface area contributed by atoms with Gasteiger partial charge in [0.25, 0.3) is 0 Å². The molecule has 8 heteroatoms. The fraction of sp³-hybridized carbons (Fsp3) is 0.294. The van der Waals surface area contributed by atoms with E-state index in [1.807, 2.05) is 0 Å². The van der Waals surface area contributed by atoms with Gasteiger partial charge in [-0.1, -0.05) is 0 Å². The second-order valence-electron chi connectivity index (χ2n) is 5.63. The number of nitrogens with zero attached hydrogens (tertiary/aromatic N) is 1. The van der Waals surface area contributed by atoms with Crippen molar-refractivity contribution in [1.82, 2.24) is 4.98 Å². The summed E-state index contributed by atoms with van der Waals surface area (Å²) in [4.78, 5) is 15.9. The Hall–Kier alpha value is -2.48. The number of carbonyl (C=O) groups is 1. The molecule has 3 rings (SSSR count). The van der Waals surface area contributed by atoms with Gasteiger partial charge in [0, 0.05) is 12.6 Å². The molecule has 132 valence electrons. The van der Waals surface area contributed by atoms with Crippen LogP contribution in [0.3, 0.4) is 0 Å². The minimum Gasteiger partial charge on any atom is -0.495 e. The standard InChI is InChI=1S/C17H16FNO5S/c1-23-15-5-4-12(18)8-16(15)25(21,22)10-11-7-13-14(20)3-2-6-24-17(13)19-9-11/h4-5,7-9H,2-3,6,10H2,1H3. The molecule has 2 heterocycles. The third-order valence-electron chi connectivity index (χ3n) is 3.81. The van der Waals surface area contributed by atoms with Gasteiger partial charge in [0.1, 0.15) is 16.5 Å². The summed E-state index contributed by atoms with van der Waals surface area (Å²) in [5.41, 5.74) is 0.598. The highest BCUT2D eigenvalue weighted by Crippen LogP contribution is 2.29. The van der Waals surface area contributed by atoms with Crippen LogP contribution in [0.4, 0.5) is 4.39 Å². The van der Waals surface area contributed by atoms with Crippen LogP contribution in [-0.2, 0) is 15.6 Å². The van der Waals surface area contributed by atoms with Crippen LogP contribution < -0.4 is 9.47 Å². The topological polar surface area (TPSA) is 82.6 Å². The van der Waals surface area contributed by atoms with E-state index < -0.39 is 21.4 Å². The van der Waals surface area contributed by atoms with Gasteiger partial charge >= 0.3 is 0 Å². The first kappa shape index (κ1) is 17.3. The average Bonchev–Trinajstić information content (AvgIpc) is 2.76. The highest BCUT2D eigenvalue weighted by molar-refractivity contribution is 7.90. The van der Waals surface area contributed by atoms with E-state index in [1.54, 1.807) is 0 Å². The summed E-state index contributed by atoms with van der Waals surface area (Å²) in [6, 6.07) is 4.77. The van der Waals surface area contributed by atoms with Crippen LogP contribution in [0.1, 0.15) is 28.8 Å². The monoisotopic (exact) mass is 365 g/mol. The lowest BCUT2D eigenvalue weighted by Crippen LogP contribution is -2.09. The first-order chi connectivity index (χ1) is 11.9. The van der Waals surface area contributed by atoms with Gasteiger partial charge in [-0.05, 0) is 36.2 Å². The number of rotatable bonds is 4. The van der Waals surface area contributed by atoms with E-state index in [0.717, 1.165) is 12.1 Å². The van der Waals surface area contributed by atoms with Gasteiger partial charge < -0.3 is 9.47 Å². The molecule has 0 atom stereocenters. The van der Waals surface area contributed by atoms with Crippen LogP contribution in [0.15, 0.2) is 35.4 Å². The summed E-state index contributed by atoms with van der Waals surface area (Å²) in [5.74, 6) is -0.971. The second-order valence-corrected chi connectivity index (χ2v) is 7.58. The molecule has 0 aliphatic carbocycles. The van der Waals surface area contributed by atoms with Crippen LogP contribution in [0, 0.1) is 5.82 Å². The van der Waals surface area contributed by atoms with Crippen molar-refractivity contribution in [3.05, 3.63) is 47.4 Å². The van der Waals surface area contributed by atoms with Crippen molar-refractivity contribution >= 4 is 15.6 Å². The van der Waals surface area contributed by atoms with Crippen molar-refractivity contribution in [2.75, 3.05) is 13.7 Å². The molecule has 0 radical (unpaired) electrons. The zero-order valence-corrected chi connectivity index (χ0v) is 14.3. The maximum atomic E-state index is 13.5. The SMILES string of the molecule is COc1ccc(F)cc1S(=O)(=O)Cc1cnc2c(c1)C(=O)CCCO2. The lowest BCUT2D eigenvalue weighted by molar-refractivity contribution is 0.0983. The summed E-state index contributed by atoms with van der Waals surface area (Å²) in [6.07, 6.45) is 2.26. The number of hydrogen-bond acceptors (Lipinski definition) is 6. The van der Waals surface area contributed by atoms with Crippen LogP contribution in [0.2, 0.25) is 0 Å². The molecule has 1 aromatic carbocycles. The van der Waals surface area contributed by atoms with Gasteiger partial charge in [0.05, 0.1) is 25.0 Å². The zero-order valence-electron chi connectivity index (χ0n) is 13.5. The molecule has 0 saturated heterocycles. The minimum absolute atomic E-state index is 0.0588. The Bertz CT molecular complexity index is 927. The molecule has 0 amide bonds. The normalized spacial score (nSPS) is 14.4. The van der Waals surface area contributed by atoms with Crippen molar-refractivity contribution in [1.29, 1.82) is 0 Å². The third kappa shape index (κ3) is 3.63. The van der Waals surface area contributed by atoms with E-state index in [9.17, 15) is 17.6 Å². The average molecular weight is 365 g/mol. The smallest absolute Gasteiger partial charge is 0.224 e. The molecule has 0 N–H and O–H groups in total. The number of Topliss-reactive ketones (excluding diaryl/α,β-unsaturated/α-hetero) is 1. The van der Waals surface area contributed by atoms with E-state index in [2.05, 4.69) is 4.98 Å². The lowest BCUT2D eigenvalue weighted by Gasteiger charge is -2.11. The number of hydrogen-bond donors (Lipinski definition) is 0. The van der Waals surface area contributed by atoms with E-state index in [-0.39, 0.29) is 27.9 Å². The Kier molecular flexibility index (Phi) is 4.71. The molecule has 1 aliphatic heterocycles. The maximum Gasteiger partial charge on any atom is 0.224 e. The molecule has 0 fully saturated rings. The predicted molar refractivity (Wildman–Crippen MR) is 87.1 cm³/mol. The Morgan fingerprint density at radius 2 is 2.12 bits per heavy atom. The van der Waals surface area contributed by atoms with Gasteiger partial charge in [0.15, 0.2) is 15.6 Å². The highest BCUT2D eigenvalue weighted by atomic mass is 32.2. The molecule has 0 unspecified atom stereocenters. The number of sulfone groups is 1. The summed E-state index contributed by atoms with van der Waals surface area (Å²) >= 11 is 0. The first-order valence-corrected chi connectivity index (χ1v) is 9.27. The van der Waals surface area contributed by atoms with E-state index in [4.69, 9.17) is 9.47 Å². The van der Waals surface area contributed by atoms with Gasteiger partial charge in [0.2, 0.25) is 5.88 Å². The second kappa shape index (κ2) is 6.79. The van der Waals surface area contributed by atoms with Crippen molar-refractivity contribution in [2.24, 2.45) is 0 Å². The number of carbonyl (C=O) groups excluding carboxylic acids is 1. The number of fused-ring (bicyclic) bond motifs is 1. The van der Waals surface area contributed by atoms with Crippen LogP contribution in [0.5, 0.6) is 11.6 Å². The summed E-state index contributed by atoms with van der Waals surface area (Å²) < 4.78 is 49.2. The quantitative estimate of drug-likeness (QED) is 0.828. The lowest BCUT2D eigenvalue weighted by atomic mass is 10.1. The van der Waals surface area contributed by atoms with Crippen molar-refractivity contribution in [2.45, 2.75) is 23.5 Å². The molecule has 0 spiro atoms. The number of ether oxygens (including phenoxy) is 2. The van der Waals surface area contributed by atoms with Gasteiger partial charge in [-0.2, -0.15) is 0 Å². The van der Waals surface area contributed by atoms with E-state index in [0.29, 0.717) is 25.0 Å². The zero-order chi connectivity index (χ0) is 18.0. The third-order valence-corrected chi connectivity index (χ3v) is 5.52. The Morgan fingerprint density at radius 3 is 2.88 bits per heavy atom. The summed E-state index contributed by atoms with van der Waals surface area (Å²) in [6.45, 7) is 0.393. The fourth-order valence-electron chi connectivity index (χ4n) is 2.62. The molecule has 1 aliphatic rings. The molecule has 0 bridgehead atoms. The molecule has 6 nitrogen and oxygen atoms in total. The number of methoxy groups -OCH3 is 1. The largest absolute Gasteiger partial charge is 0.495 e. The number of ketones is 1. The van der Waals surface area contributed by atoms with E-state index in [1.165, 1.54) is 25.4 Å². The Morgan fingerprint density at radius 1 is 1.32 bits per heavy atom. The van der Waals surface area contributed by atoms with Gasteiger partial charge in [-0.25, -0.2) is 17.8 Å². The number of halogens is 1. The predicted octanol–water partition coefficient (Wildman–Crippen LogP) is 2.56. The number of benzene rings is 1. The van der Waals surface area contributed by atoms with Crippen LogP contribution >= 0.6 is 0 Å². The minimum atomic E-state index is -3.89. The molecule has 2 aromatic rings. The maximum absolute atomic E-state index is 13.5. The summed E-state index contributed by atoms with van der Waals surface area (Å²) in [7, 11) is -2.58. The van der Waals surface area contributed by atoms with Crippen LogP contribution in [0.25, 0.3) is 0 Å². The highest BCUT2D eigenvalue weighted by Gasteiger charge is 2.24. The van der Waals surface area contributed by atoms with Crippen molar-refractivity contribution < 1.29 is 27.1 Å². The first-order valence-electron chi connectivity index (χ1n) is 7.62. The van der Waals surface area contributed by atoms with Gasteiger partial charge in [-0.15, -0.1) is 0 Å². The summed E-state index contributed by atoms with van der Waals surface area (Å²) in [5, 5.41) is 0. The Labute approximate surface area is 144 Å². The van der Waals surface area contributed by atoms with E-state index >= 15 is 0 Å². The molecule has 0 saturated carbocycles.